The molecule has 2 N–H and O–H groups in total. The number of hydrogen-bond acceptors (Lipinski definition) is 5. The number of aliphatic hydroxyl groups is 1. The van der Waals surface area contributed by atoms with E-state index >= 15 is 0 Å². The first-order valence-electron chi connectivity index (χ1n) is 9.89. The smallest absolute Gasteiger partial charge is 0.243 e. The third-order valence-electron chi connectivity index (χ3n) is 4.63. The molecule has 6 heteroatoms. The molecular weight excluding hydrogens is 386 g/mol. The average Bonchev–Trinajstić information content (AvgIpc) is 2.75. The first-order chi connectivity index (χ1) is 14.0. The van der Waals surface area contributed by atoms with Crippen molar-refractivity contribution in [3.63, 3.8) is 0 Å². The van der Waals surface area contributed by atoms with E-state index in [2.05, 4.69) is 36.0 Å². The molecule has 5 nitrogen and oxygen atoms in total. The van der Waals surface area contributed by atoms with Crippen LogP contribution in [-0.4, -0.2) is 37.1 Å². The highest BCUT2D eigenvalue weighted by Crippen LogP contribution is 2.26. The van der Waals surface area contributed by atoms with Gasteiger partial charge in [0.15, 0.2) is 0 Å². The van der Waals surface area contributed by atoms with Crippen molar-refractivity contribution in [1.82, 2.24) is 5.48 Å². The molecular formula is C23H31NO4S. The van der Waals surface area contributed by atoms with Crippen molar-refractivity contribution in [2.75, 3.05) is 20.0 Å². The summed E-state index contributed by atoms with van der Waals surface area (Å²) < 4.78 is 4.94. The Morgan fingerprint density at radius 3 is 2.28 bits per heavy atom. The van der Waals surface area contributed by atoms with E-state index in [0.717, 1.165) is 23.1 Å². The van der Waals surface area contributed by atoms with Crippen LogP contribution in [0.2, 0.25) is 0 Å². The second-order valence-electron chi connectivity index (χ2n) is 7.02. The quantitative estimate of drug-likeness (QED) is 0.296. The molecule has 0 unspecified atom stereocenters. The van der Waals surface area contributed by atoms with Gasteiger partial charge in [0.05, 0.1) is 12.7 Å². The summed E-state index contributed by atoms with van der Waals surface area (Å²) in [6.45, 7) is 2.25. The molecule has 158 valence electrons. The van der Waals surface area contributed by atoms with Gasteiger partial charge in [-0.1, -0.05) is 42.8 Å². The molecule has 0 bridgehead atoms. The van der Waals surface area contributed by atoms with Crippen molar-refractivity contribution in [3.05, 3.63) is 54.1 Å². The summed E-state index contributed by atoms with van der Waals surface area (Å²) in [4.78, 5) is 18.2. The highest BCUT2D eigenvalue weighted by molar-refractivity contribution is 7.98. The molecule has 0 radical (unpaired) electrons. The van der Waals surface area contributed by atoms with Gasteiger partial charge in [-0.05, 0) is 54.8 Å². The Bertz CT molecular complexity index is 734. The molecule has 0 aliphatic carbocycles. The third-order valence-corrected chi connectivity index (χ3v) is 5.37. The molecule has 0 saturated heterocycles. The second kappa shape index (κ2) is 12.6. The Hall–Kier alpha value is -1.86. The molecule has 0 heterocycles. The zero-order valence-corrected chi connectivity index (χ0v) is 18.2. The van der Waals surface area contributed by atoms with Gasteiger partial charge in [0.2, 0.25) is 5.91 Å². The molecule has 2 atom stereocenters. The predicted molar refractivity (Wildman–Crippen MR) is 118 cm³/mol. The number of nitrogens with one attached hydrogen (secondary N) is 1. The molecule has 2 aromatic rings. The van der Waals surface area contributed by atoms with Crippen LogP contribution in [-0.2, 0) is 14.4 Å². The number of carbonyl (C=O) groups is 1. The Morgan fingerprint density at radius 2 is 1.69 bits per heavy atom. The fourth-order valence-corrected chi connectivity index (χ4v) is 3.37. The van der Waals surface area contributed by atoms with Crippen molar-refractivity contribution >= 4 is 17.7 Å². The Balaban J connectivity index is 1.72. The maximum absolute atomic E-state index is 11.7. The summed E-state index contributed by atoms with van der Waals surface area (Å²) in [5.41, 5.74) is 5.63. The van der Waals surface area contributed by atoms with Gasteiger partial charge >= 0.3 is 0 Å². The largest absolute Gasteiger partial charge is 0.388 e. The molecule has 29 heavy (non-hydrogen) atoms. The van der Waals surface area contributed by atoms with Crippen LogP contribution < -0.4 is 5.48 Å². The van der Waals surface area contributed by atoms with Gasteiger partial charge in [0.1, 0.15) is 6.10 Å². The maximum Gasteiger partial charge on any atom is 0.243 e. The van der Waals surface area contributed by atoms with E-state index < -0.39 is 6.10 Å². The lowest BCUT2D eigenvalue weighted by atomic mass is 9.99. The summed E-state index contributed by atoms with van der Waals surface area (Å²) in [5.74, 6) is -0.153. The Kier molecular flexibility index (Phi) is 10.2. The number of hydrogen-bond donors (Lipinski definition) is 2. The zero-order chi connectivity index (χ0) is 21.1. The first-order valence-corrected chi connectivity index (χ1v) is 11.1. The summed E-state index contributed by atoms with van der Waals surface area (Å²) in [6, 6.07) is 16.5. The standard InChI is InChI=1S/C23H31NO4S/c1-17(16-27-2)28-24-23(26)7-5-4-6-22(25)20-10-8-18(9-11-20)19-12-14-21(29-3)15-13-19/h8-15,17,22,25H,4-7,16H2,1-3H3,(H,24,26)/t17-,22-/m1/s1. The van der Waals surface area contributed by atoms with E-state index in [0.29, 0.717) is 25.9 Å². The number of ether oxygens (including phenoxy) is 1. The first kappa shape index (κ1) is 23.4. The average molecular weight is 418 g/mol. The number of aliphatic hydroxyl groups excluding tert-OH is 1. The zero-order valence-electron chi connectivity index (χ0n) is 17.4. The van der Waals surface area contributed by atoms with Gasteiger partial charge in [0, 0.05) is 18.4 Å². The monoisotopic (exact) mass is 417 g/mol. The molecule has 0 spiro atoms. The Morgan fingerprint density at radius 1 is 1.07 bits per heavy atom. The highest BCUT2D eigenvalue weighted by atomic mass is 32.2. The van der Waals surface area contributed by atoms with Crippen LogP contribution in [0, 0.1) is 0 Å². The Labute approximate surface area is 177 Å². The number of unbranched alkanes of at least 4 members (excludes halogenated alkanes) is 1. The fraction of sp³-hybridized carbons (Fsp3) is 0.435. The number of methoxy groups -OCH3 is 1. The van der Waals surface area contributed by atoms with Crippen LogP contribution >= 0.6 is 11.8 Å². The van der Waals surface area contributed by atoms with Gasteiger partial charge in [-0.15, -0.1) is 11.8 Å². The van der Waals surface area contributed by atoms with E-state index in [-0.39, 0.29) is 12.0 Å². The normalized spacial score (nSPS) is 13.1. The van der Waals surface area contributed by atoms with Gasteiger partial charge in [-0.2, -0.15) is 0 Å². The van der Waals surface area contributed by atoms with E-state index in [4.69, 9.17) is 9.57 Å². The van der Waals surface area contributed by atoms with Crippen LogP contribution in [0.3, 0.4) is 0 Å². The topological polar surface area (TPSA) is 67.8 Å². The SMILES string of the molecule is COC[C@@H](C)ONC(=O)CCCC[C@@H](O)c1ccc(-c2ccc(SC)cc2)cc1. The van der Waals surface area contributed by atoms with Gasteiger partial charge in [-0.25, -0.2) is 5.48 Å². The van der Waals surface area contributed by atoms with E-state index in [1.165, 1.54) is 4.90 Å². The van der Waals surface area contributed by atoms with Crippen LogP contribution in [0.4, 0.5) is 0 Å². The number of thioether (sulfide) groups is 1. The van der Waals surface area contributed by atoms with Crippen LogP contribution in [0.25, 0.3) is 11.1 Å². The minimum Gasteiger partial charge on any atom is -0.388 e. The van der Waals surface area contributed by atoms with Crippen molar-refractivity contribution in [2.45, 2.75) is 49.7 Å². The van der Waals surface area contributed by atoms with Crippen molar-refractivity contribution in [3.8, 4) is 11.1 Å². The lowest BCUT2D eigenvalue weighted by molar-refractivity contribution is -0.140. The predicted octanol–water partition coefficient (Wildman–Crippen LogP) is 4.75. The third kappa shape index (κ3) is 8.19. The number of amides is 1. The molecule has 0 saturated carbocycles. The van der Waals surface area contributed by atoms with Gasteiger partial charge in [0.25, 0.3) is 0 Å². The molecule has 2 aromatic carbocycles. The summed E-state index contributed by atoms with van der Waals surface area (Å²) >= 11 is 1.73. The molecule has 1 amide bonds. The van der Waals surface area contributed by atoms with E-state index in [1.807, 2.05) is 31.2 Å². The summed E-state index contributed by atoms with van der Waals surface area (Å²) in [7, 11) is 1.59. The molecule has 0 fully saturated rings. The molecule has 0 aliphatic rings. The van der Waals surface area contributed by atoms with Crippen molar-refractivity contribution in [2.24, 2.45) is 0 Å². The second-order valence-corrected chi connectivity index (χ2v) is 7.90. The molecule has 2 rings (SSSR count). The lowest BCUT2D eigenvalue weighted by Gasteiger charge is -2.13. The summed E-state index contributed by atoms with van der Waals surface area (Å²) in [6.07, 6.45) is 3.81. The number of hydroxylamine groups is 1. The summed E-state index contributed by atoms with van der Waals surface area (Å²) in [5, 5.41) is 10.4. The van der Waals surface area contributed by atoms with Crippen LogP contribution in [0.1, 0.15) is 44.3 Å². The van der Waals surface area contributed by atoms with E-state index in [9.17, 15) is 9.90 Å². The van der Waals surface area contributed by atoms with Gasteiger partial charge < -0.3 is 9.84 Å². The fourth-order valence-electron chi connectivity index (χ4n) is 2.96. The van der Waals surface area contributed by atoms with Crippen LogP contribution in [0.15, 0.2) is 53.4 Å². The number of benzene rings is 2. The van der Waals surface area contributed by atoms with Crippen molar-refractivity contribution in [1.29, 1.82) is 0 Å². The molecule has 0 aromatic heterocycles. The van der Waals surface area contributed by atoms with Crippen molar-refractivity contribution < 1.29 is 19.5 Å². The molecule has 0 aliphatic heterocycles. The maximum atomic E-state index is 11.7. The lowest BCUT2D eigenvalue weighted by Crippen LogP contribution is -2.30. The van der Waals surface area contributed by atoms with E-state index in [1.54, 1.807) is 18.9 Å². The van der Waals surface area contributed by atoms with Crippen LogP contribution in [0.5, 0.6) is 0 Å². The van der Waals surface area contributed by atoms with Gasteiger partial charge in [-0.3, -0.25) is 9.63 Å². The number of rotatable bonds is 12. The number of carbonyl (C=O) groups excluding carboxylic acids is 1. The minimum atomic E-state index is -0.524. The highest BCUT2D eigenvalue weighted by Gasteiger charge is 2.10. The minimum absolute atomic E-state index is 0.153.